The summed E-state index contributed by atoms with van der Waals surface area (Å²) in [4.78, 5) is 13.8. The Kier molecular flexibility index (Phi) is 5.74. The van der Waals surface area contributed by atoms with Crippen LogP contribution in [0.15, 0.2) is 42.5 Å². The second-order valence-electron chi connectivity index (χ2n) is 5.81. The van der Waals surface area contributed by atoms with E-state index in [1.165, 1.54) is 10.5 Å². The number of nitrogens with one attached hydrogen (secondary N) is 2. The van der Waals surface area contributed by atoms with Crippen molar-refractivity contribution in [2.75, 3.05) is 31.6 Å². The summed E-state index contributed by atoms with van der Waals surface area (Å²) in [6.45, 7) is 4.68. The topological polar surface area (TPSA) is 42.8 Å². The molecule has 0 saturated carbocycles. The molecule has 1 saturated heterocycles. The van der Waals surface area contributed by atoms with Gasteiger partial charge in [-0.05, 0) is 30.3 Å². The predicted octanol–water partition coefficient (Wildman–Crippen LogP) is 2.66. The van der Waals surface area contributed by atoms with E-state index in [1.807, 2.05) is 24.3 Å². The quantitative estimate of drug-likeness (QED) is 0.874. The van der Waals surface area contributed by atoms with Crippen molar-refractivity contribution in [2.45, 2.75) is 6.54 Å². The SMILES string of the molecule is O=C(Nc1ccc(C[NH+]2CCOCC2)cc1)c1cc(Cl)ccc1Cl. The van der Waals surface area contributed by atoms with Crippen molar-refractivity contribution in [3.8, 4) is 0 Å². The van der Waals surface area contributed by atoms with Gasteiger partial charge in [-0.2, -0.15) is 0 Å². The molecular formula is C18H19Cl2N2O2+. The van der Waals surface area contributed by atoms with Crippen LogP contribution in [0.25, 0.3) is 0 Å². The smallest absolute Gasteiger partial charge is 0.257 e. The molecule has 4 nitrogen and oxygen atoms in total. The third-order valence-corrected chi connectivity index (χ3v) is 4.60. The van der Waals surface area contributed by atoms with Crippen molar-refractivity contribution in [3.05, 3.63) is 63.6 Å². The van der Waals surface area contributed by atoms with Crippen molar-refractivity contribution >= 4 is 34.8 Å². The third kappa shape index (κ3) is 4.48. The van der Waals surface area contributed by atoms with Crippen LogP contribution in [-0.2, 0) is 11.3 Å². The molecule has 0 aromatic heterocycles. The molecule has 2 aromatic carbocycles. The Morgan fingerprint density at radius 3 is 2.50 bits per heavy atom. The largest absolute Gasteiger partial charge is 0.370 e. The summed E-state index contributed by atoms with van der Waals surface area (Å²) >= 11 is 12.0. The van der Waals surface area contributed by atoms with E-state index in [-0.39, 0.29) is 5.91 Å². The fraction of sp³-hybridized carbons (Fsp3) is 0.278. The minimum absolute atomic E-state index is 0.269. The number of rotatable bonds is 4. The molecular weight excluding hydrogens is 347 g/mol. The summed E-state index contributed by atoms with van der Waals surface area (Å²) in [5.41, 5.74) is 2.34. The molecule has 0 radical (unpaired) electrons. The molecule has 126 valence electrons. The monoisotopic (exact) mass is 365 g/mol. The van der Waals surface area contributed by atoms with Crippen molar-refractivity contribution in [2.24, 2.45) is 0 Å². The van der Waals surface area contributed by atoms with Crippen LogP contribution in [0.2, 0.25) is 10.0 Å². The highest BCUT2D eigenvalue weighted by atomic mass is 35.5. The molecule has 1 amide bonds. The van der Waals surface area contributed by atoms with Gasteiger partial charge in [0.25, 0.3) is 5.91 Å². The number of carbonyl (C=O) groups is 1. The fourth-order valence-electron chi connectivity index (χ4n) is 2.70. The minimum Gasteiger partial charge on any atom is -0.370 e. The van der Waals surface area contributed by atoms with Gasteiger partial charge in [0.15, 0.2) is 0 Å². The van der Waals surface area contributed by atoms with E-state index in [1.54, 1.807) is 18.2 Å². The zero-order chi connectivity index (χ0) is 16.9. The van der Waals surface area contributed by atoms with Gasteiger partial charge >= 0.3 is 0 Å². The van der Waals surface area contributed by atoms with E-state index in [2.05, 4.69) is 5.32 Å². The second kappa shape index (κ2) is 7.99. The van der Waals surface area contributed by atoms with Crippen LogP contribution in [0.4, 0.5) is 5.69 Å². The summed E-state index contributed by atoms with van der Waals surface area (Å²) in [6.07, 6.45) is 0. The maximum Gasteiger partial charge on any atom is 0.257 e. The Morgan fingerprint density at radius 2 is 1.79 bits per heavy atom. The molecule has 0 unspecified atom stereocenters. The van der Waals surface area contributed by atoms with Crippen molar-refractivity contribution in [1.82, 2.24) is 0 Å². The Balaban J connectivity index is 1.63. The summed E-state index contributed by atoms with van der Waals surface area (Å²) < 4.78 is 5.37. The van der Waals surface area contributed by atoms with Gasteiger partial charge in [-0.15, -0.1) is 0 Å². The molecule has 0 spiro atoms. The van der Waals surface area contributed by atoms with E-state index in [0.29, 0.717) is 15.6 Å². The molecule has 3 rings (SSSR count). The lowest BCUT2D eigenvalue weighted by molar-refractivity contribution is -0.921. The zero-order valence-corrected chi connectivity index (χ0v) is 14.7. The highest BCUT2D eigenvalue weighted by Gasteiger charge is 2.15. The van der Waals surface area contributed by atoms with Gasteiger partial charge in [0.1, 0.15) is 19.6 Å². The zero-order valence-electron chi connectivity index (χ0n) is 13.1. The summed E-state index contributed by atoms with van der Waals surface area (Å²) in [5.74, 6) is -0.269. The van der Waals surface area contributed by atoms with Crippen molar-refractivity contribution in [3.63, 3.8) is 0 Å². The van der Waals surface area contributed by atoms with E-state index < -0.39 is 0 Å². The van der Waals surface area contributed by atoms with E-state index >= 15 is 0 Å². The molecule has 1 heterocycles. The number of carbonyl (C=O) groups excluding carboxylic acids is 1. The normalized spacial score (nSPS) is 15.2. The Morgan fingerprint density at radius 1 is 1.08 bits per heavy atom. The van der Waals surface area contributed by atoms with Gasteiger partial charge in [0, 0.05) is 16.3 Å². The van der Waals surface area contributed by atoms with Gasteiger partial charge in [0.2, 0.25) is 0 Å². The molecule has 2 aromatic rings. The van der Waals surface area contributed by atoms with Crippen molar-refractivity contribution in [1.29, 1.82) is 0 Å². The van der Waals surface area contributed by atoms with Gasteiger partial charge in [0.05, 0.1) is 23.8 Å². The van der Waals surface area contributed by atoms with Gasteiger partial charge in [-0.1, -0.05) is 35.3 Å². The highest BCUT2D eigenvalue weighted by molar-refractivity contribution is 6.36. The first-order valence-electron chi connectivity index (χ1n) is 7.88. The molecule has 0 bridgehead atoms. The second-order valence-corrected chi connectivity index (χ2v) is 6.66. The molecule has 6 heteroatoms. The van der Waals surface area contributed by atoms with Crippen LogP contribution >= 0.6 is 23.2 Å². The van der Waals surface area contributed by atoms with E-state index in [9.17, 15) is 4.79 Å². The molecule has 2 N–H and O–H groups in total. The van der Waals surface area contributed by atoms with E-state index in [0.717, 1.165) is 38.5 Å². The number of amides is 1. The first-order chi connectivity index (χ1) is 11.6. The third-order valence-electron chi connectivity index (χ3n) is 4.04. The van der Waals surface area contributed by atoms with Crippen LogP contribution in [0.1, 0.15) is 15.9 Å². The number of anilines is 1. The van der Waals surface area contributed by atoms with Crippen LogP contribution in [-0.4, -0.2) is 32.2 Å². The lowest BCUT2D eigenvalue weighted by Crippen LogP contribution is -3.12. The Bertz CT molecular complexity index is 713. The molecule has 24 heavy (non-hydrogen) atoms. The number of hydrogen-bond acceptors (Lipinski definition) is 2. The fourth-order valence-corrected chi connectivity index (χ4v) is 3.08. The summed E-state index contributed by atoms with van der Waals surface area (Å²) in [7, 11) is 0. The van der Waals surface area contributed by atoms with Gasteiger partial charge in [-0.3, -0.25) is 4.79 Å². The Labute approximate surface area is 151 Å². The lowest BCUT2D eigenvalue weighted by Gasteiger charge is -2.23. The Hall–Kier alpha value is -1.59. The molecule has 1 fully saturated rings. The van der Waals surface area contributed by atoms with Crippen LogP contribution < -0.4 is 10.2 Å². The first kappa shape index (κ1) is 17.2. The number of hydrogen-bond donors (Lipinski definition) is 2. The number of ether oxygens (including phenoxy) is 1. The highest BCUT2D eigenvalue weighted by Crippen LogP contribution is 2.22. The van der Waals surface area contributed by atoms with Crippen molar-refractivity contribution < 1.29 is 14.4 Å². The number of quaternary nitrogens is 1. The van der Waals surface area contributed by atoms with E-state index in [4.69, 9.17) is 27.9 Å². The average Bonchev–Trinajstić information content (AvgIpc) is 2.59. The van der Waals surface area contributed by atoms with Crippen LogP contribution in [0, 0.1) is 0 Å². The summed E-state index contributed by atoms with van der Waals surface area (Å²) in [6, 6.07) is 12.7. The average molecular weight is 366 g/mol. The molecule has 1 aliphatic rings. The predicted molar refractivity (Wildman–Crippen MR) is 96.1 cm³/mol. The first-order valence-corrected chi connectivity index (χ1v) is 8.64. The molecule has 0 aliphatic carbocycles. The van der Waals surface area contributed by atoms with Gasteiger partial charge in [-0.25, -0.2) is 0 Å². The standard InChI is InChI=1S/C18H18Cl2N2O2/c19-14-3-6-17(20)16(11-14)18(23)21-15-4-1-13(2-5-15)12-22-7-9-24-10-8-22/h1-6,11H,7-10,12H2,(H,21,23)/p+1. The number of morpholine rings is 1. The summed E-state index contributed by atoms with van der Waals surface area (Å²) in [5, 5.41) is 3.71. The van der Waals surface area contributed by atoms with Crippen LogP contribution in [0.3, 0.4) is 0 Å². The number of halogens is 2. The molecule has 0 atom stereocenters. The minimum atomic E-state index is -0.269. The van der Waals surface area contributed by atoms with Crippen LogP contribution in [0.5, 0.6) is 0 Å². The van der Waals surface area contributed by atoms with Gasteiger partial charge < -0.3 is 15.0 Å². The maximum atomic E-state index is 12.3. The molecule has 1 aliphatic heterocycles. The number of benzene rings is 2. The maximum absolute atomic E-state index is 12.3. The lowest BCUT2D eigenvalue weighted by atomic mass is 10.1.